The summed E-state index contributed by atoms with van der Waals surface area (Å²) in [6.45, 7) is 2.91. The third kappa shape index (κ3) is 3.46. The lowest BCUT2D eigenvalue weighted by Gasteiger charge is -2.34. The molecule has 1 unspecified atom stereocenters. The zero-order valence-corrected chi connectivity index (χ0v) is 12.4. The number of rotatable bonds is 4. The summed E-state index contributed by atoms with van der Waals surface area (Å²) < 4.78 is 6.35. The first-order chi connectivity index (χ1) is 9.11. The number of nitrogens with zero attached hydrogens (tertiary/aromatic N) is 1. The summed E-state index contributed by atoms with van der Waals surface area (Å²) in [5.41, 5.74) is 6.50. The van der Waals surface area contributed by atoms with Crippen molar-refractivity contribution in [3.8, 4) is 5.75 Å². The van der Waals surface area contributed by atoms with Gasteiger partial charge in [0.05, 0.1) is 7.11 Å². The number of hydrogen-bond acceptors (Lipinski definition) is 4. The van der Waals surface area contributed by atoms with Crippen molar-refractivity contribution in [2.24, 2.45) is 5.73 Å². The van der Waals surface area contributed by atoms with Crippen LogP contribution in [0.3, 0.4) is 0 Å². The lowest BCUT2D eigenvalue weighted by Crippen LogP contribution is -2.56. The van der Waals surface area contributed by atoms with Gasteiger partial charge in [-0.2, -0.15) is 0 Å². The van der Waals surface area contributed by atoms with Gasteiger partial charge in [-0.3, -0.25) is 9.69 Å². The monoisotopic (exact) mass is 327 g/mol. The molecular formula is C13H18BrN3O2. The fourth-order valence-corrected chi connectivity index (χ4v) is 2.71. The molecule has 1 amide bonds. The molecule has 0 aliphatic carbocycles. The summed E-state index contributed by atoms with van der Waals surface area (Å²) in [4.78, 5) is 13.6. The highest BCUT2D eigenvalue weighted by molar-refractivity contribution is 9.10. The fraction of sp³-hybridized carbons (Fsp3) is 0.462. The fourth-order valence-electron chi connectivity index (χ4n) is 2.31. The van der Waals surface area contributed by atoms with E-state index in [1.165, 1.54) is 0 Å². The van der Waals surface area contributed by atoms with Crippen LogP contribution in [-0.2, 0) is 11.3 Å². The zero-order valence-electron chi connectivity index (χ0n) is 10.9. The molecule has 1 aromatic carbocycles. The van der Waals surface area contributed by atoms with Crippen LogP contribution in [0.4, 0.5) is 0 Å². The molecule has 1 aliphatic heterocycles. The van der Waals surface area contributed by atoms with Crippen molar-refractivity contribution in [2.45, 2.75) is 12.6 Å². The maximum atomic E-state index is 11.5. The minimum atomic E-state index is -0.291. The quantitative estimate of drug-likeness (QED) is 0.855. The first kappa shape index (κ1) is 14.3. The average Bonchev–Trinajstić information content (AvgIpc) is 2.39. The van der Waals surface area contributed by atoms with Crippen LogP contribution in [0, 0.1) is 0 Å². The third-order valence-electron chi connectivity index (χ3n) is 3.30. The Bertz CT molecular complexity index is 467. The van der Waals surface area contributed by atoms with Gasteiger partial charge in [-0.05, 0) is 18.2 Å². The van der Waals surface area contributed by atoms with Crippen LogP contribution in [0.1, 0.15) is 5.56 Å². The molecule has 1 saturated heterocycles. The Hall–Kier alpha value is -1.11. The van der Waals surface area contributed by atoms with Crippen LogP contribution in [0.2, 0.25) is 0 Å². The predicted molar refractivity (Wildman–Crippen MR) is 77.0 cm³/mol. The Morgan fingerprint density at radius 1 is 1.63 bits per heavy atom. The molecular weight excluding hydrogens is 310 g/mol. The molecule has 5 nitrogen and oxygen atoms in total. The van der Waals surface area contributed by atoms with E-state index in [1.54, 1.807) is 7.11 Å². The van der Waals surface area contributed by atoms with Gasteiger partial charge in [0.2, 0.25) is 5.91 Å². The van der Waals surface area contributed by atoms with E-state index in [-0.39, 0.29) is 11.9 Å². The number of hydrogen-bond donors (Lipinski definition) is 2. The molecule has 6 heteroatoms. The average molecular weight is 328 g/mol. The van der Waals surface area contributed by atoms with Crippen molar-refractivity contribution in [3.63, 3.8) is 0 Å². The van der Waals surface area contributed by atoms with E-state index in [0.717, 1.165) is 28.9 Å². The highest BCUT2D eigenvalue weighted by Gasteiger charge is 2.27. The van der Waals surface area contributed by atoms with Crippen molar-refractivity contribution in [1.82, 2.24) is 10.2 Å². The Kier molecular flexibility index (Phi) is 4.79. The summed E-state index contributed by atoms with van der Waals surface area (Å²) in [5, 5.41) is 3.19. The number of nitrogens with two attached hydrogens (primary N) is 1. The van der Waals surface area contributed by atoms with Gasteiger partial charge >= 0.3 is 0 Å². The molecule has 2 rings (SSSR count). The van der Waals surface area contributed by atoms with Gasteiger partial charge in [-0.25, -0.2) is 0 Å². The Morgan fingerprint density at radius 2 is 2.42 bits per heavy atom. The molecule has 0 saturated carbocycles. The summed E-state index contributed by atoms with van der Waals surface area (Å²) in [6.07, 6.45) is 0. The first-order valence-electron chi connectivity index (χ1n) is 6.18. The molecule has 104 valence electrons. The number of halogens is 1. The van der Waals surface area contributed by atoms with Crippen molar-refractivity contribution < 1.29 is 9.53 Å². The van der Waals surface area contributed by atoms with E-state index >= 15 is 0 Å². The van der Waals surface area contributed by atoms with Crippen LogP contribution in [0.15, 0.2) is 22.7 Å². The van der Waals surface area contributed by atoms with Gasteiger partial charge in [0.1, 0.15) is 11.8 Å². The Balaban J connectivity index is 2.18. The summed E-state index contributed by atoms with van der Waals surface area (Å²) in [5.74, 6) is 0.533. The second-order valence-corrected chi connectivity index (χ2v) is 5.46. The van der Waals surface area contributed by atoms with E-state index < -0.39 is 0 Å². The number of carbonyl (C=O) groups is 1. The minimum absolute atomic E-state index is 0.266. The lowest BCUT2D eigenvalue weighted by atomic mass is 10.1. The molecule has 1 fully saturated rings. The van der Waals surface area contributed by atoms with Crippen molar-refractivity contribution in [3.05, 3.63) is 28.2 Å². The topological polar surface area (TPSA) is 67.6 Å². The highest BCUT2D eigenvalue weighted by Crippen LogP contribution is 2.25. The molecule has 3 N–H and O–H groups in total. The van der Waals surface area contributed by atoms with Crippen LogP contribution in [0.5, 0.6) is 5.75 Å². The molecule has 1 aliphatic rings. The van der Waals surface area contributed by atoms with Gasteiger partial charge in [-0.1, -0.05) is 15.9 Å². The number of piperazine rings is 1. The van der Waals surface area contributed by atoms with Crippen LogP contribution >= 0.6 is 15.9 Å². The largest absolute Gasteiger partial charge is 0.496 e. The van der Waals surface area contributed by atoms with Gasteiger partial charge in [0.25, 0.3) is 0 Å². The van der Waals surface area contributed by atoms with Gasteiger partial charge < -0.3 is 15.8 Å². The lowest BCUT2D eigenvalue weighted by molar-refractivity contribution is -0.124. The summed E-state index contributed by atoms with van der Waals surface area (Å²) >= 11 is 3.46. The zero-order chi connectivity index (χ0) is 13.8. The van der Waals surface area contributed by atoms with Gasteiger partial charge in [0, 0.05) is 36.2 Å². The number of nitrogens with one attached hydrogen (secondary N) is 1. The SMILES string of the molecule is COc1ccc(Br)cc1CN1CCNCC1C(N)=O. The number of methoxy groups -OCH3 is 1. The molecule has 1 aromatic rings. The van der Waals surface area contributed by atoms with Crippen molar-refractivity contribution in [2.75, 3.05) is 26.7 Å². The van der Waals surface area contributed by atoms with Crippen molar-refractivity contribution >= 4 is 21.8 Å². The molecule has 0 spiro atoms. The van der Waals surface area contributed by atoms with Gasteiger partial charge in [-0.15, -0.1) is 0 Å². The molecule has 19 heavy (non-hydrogen) atoms. The summed E-state index contributed by atoms with van der Waals surface area (Å²) in [7, 11) is 1.65. The Morgan fingerprint density at radius 3 is 3.11 bits per heavy atom. The van der Waals surface area contributed by atoms with E-state index in [0.29, 0.717) is 13.1 Å². The van der Waals surface area contributed by atoms with E-state index in [2.05, 4.69) is 26.1 Å². The first-order valence-corrected chi connectivity index (χ1v) is 6.97. The normalized spacial score (nSPS) is 20.2. The molecule has 0 radical (unpaired) electrons. The number of benzene rings is 1. The predicted octanol–water partition coefficient (Wildman–Crippen LogP) is 0.717. The third-order valence-corrected chi connectivity index (χ3v) is 3.79. The number of carbonyl (C=O) groups excluding carboxylic acids is 1. The van der Waals surface area contributed by atoms with Crippen LogP contribution < -0.4 is 15.8 Å². The second-order valence-electron chi connectivity index (χ2n) is 4.55. The number of primary amides is 1. The van der Waals surface area contributed by atoms with Crippen LogP contribution in [-0.4, -0.2) is 43.6 Å². The molecule has 0 bridgehead atoms. The van der Waals surface area contributed by atoms with Gasteiger partial charge in [0.15, 0.2) is 0 Å². The summed E-state index contributed by atoms with van der Waals surface area (Å²) in [6, 6.07) is 5.60. The minimum Gasteiger partial charge on any atom is -0.496 e. The molecule has 1 heterocycles. The second kappa shape index (κ2) is 6.36. The smallest absolute Gasteiger partial charge is 0.236 e. The van der Waals surface area contributed by atoms with E-state index in [1.807, 2.05) is 18.2 Å². The van der Waals surface area contributed by atoms with Crippen molar-refractivity contribution in [1.29, 1.82) is 0 Å². The standard InChI is InChI=1S/C13H18BrN3O2/c1-19-12-3-2-10(14)6-9(12)8-17-5-4-16-7-11(17)13(15)18/h2-3,6,11,16H,4-5,7-8H2,1H3,(H2,15,18). The molecule has 0 aromatic heterocycles. The van der Waals surface area contributed by atoms with E-state index in [4.69, 9.17) is 10.5 Å². The number of amides is 1. The van der Waals surface area contributed by atoms with Crippen LogP contribution in [0.25, 0.3) is 0 Å². The number of ether oxygens (including phenoxy) is 1. The highest BCUT2D eigenvalue weighted by atomic mass is 79.9. The molecule has 1 atom stereocenters. The maximum absolute atomic E-state index is 11.5. The maximum Gasteiger partial charge on any atom is 0.236 e. The Labute approximate surface area is 121 Å². The van der Waals surface area contributed by atoms with E-state index in [9.17, 15) is 4.79 Å².